The number of piperidine rings is 1. The Kier molecular flexibility index (Phi) is 5.03. The molecular formula is C10H13F3N4O. The average molecular weight is 262 g/mol. The average Bonchev–Trinajstić information content (AvgIpc) is 2.34. The van der Waals surface area contributed by atoms with Crippen molar-refractivity contribution in [2.75, 3.05) is 19.6 Å². The van der Waals surface area contributed by atoms with Crippen LogP contribution >= 0.6 is 0 Å². The molecule has 18 heavy (non-hydrogen) atoms. The van der Waals surface area contributed by atoms with Crippen molar-refractivity contribution in [3.05, 3.63) is 22.2 Å². The van der Waals surface area contributed by atoms with Gasteiger partial charge in [-0.1, -0.05) is 5.11 Å². The molecule has 0 aromatic heterocycles. The summed E-state index contributed by atoms with van der Waals surface area (Å²) >= 11 is 0. The van der Waals surface area contributed by atoms with Gasteiger partial charge in [-0.25, -0.2) is 0 Å². The summed E-state index contributed by atoms with van der Waals surface area (Å²) in [5.74, 6) is -1.92. The number of hydrogen-bond donors (Lipinski definition) is 0. The maximum Gasteiger partial charge on any atom is 0.454 e. The summed E-state index contributed by atoms with van der Waals surface area (Å²) in [7, 11) is 0. The molecule has 100 valence electrons. The second-order valence-electron chi connectivity index (χ2n) is 3.93. The number of hydrogen-bond acceptors (Lipinski definition) is 3. The maximum absolute atomic E-state index is 12.2. The molecule has 1 saturated heterocycles. The summed E-state index contributed by atoms with van der Waals surface area (Å²) in [5.41, 5.74) is 8.35. The normalized spacial score (nSPS) is 17.3. The predicted molar refractivity (Wildman–Crippen MR) is 58.6 cm³/mol. The van der Waals surface area contributed by atoms with Gasteiger partial charge < -0.3 is 4.90 Å². The van der Waals surface area contributed by atoms with Crippen molar-refractivity contribution in [1.82, 2.24) is 4.90 Å². The fraction of sp³-hybridized carbons (Fsp3) is 0.700. The molecule has 8 heteroatoms. The van der Waals surface area contributed by atoms with E-state index in [0.717, 1.165) is 19.3 Å². The first-order valence-corrected chi connectivity index (χ1v) is 5.52. The lowest BCUT2D eigenvalue weighted by atomic mass is 10.1. The van der Waals surface area contributed by atoms with Crippen molar-refractivity contribution in [2.24, 2.45) is 5.11 Å². The van der Waals surface area contributed by atoms with Crippen molar-refractivity contribution in [1.29, 1.82) is 0 Å². The molecule has 0 amide bonds. The monoisotopic (exact) mass is 262 g/mol. The Labute approximate surface area is 102 Å². The van der Waals surface area contributed by atoms with Crippen molar-refractivity contribution >= 4 is 5.78 Å². The SMILES string of the molecule is [N-]=[N+]=NC/C(=C/C(=O)C(F)(F)F)N1CCCCC1. The quantitative estimate of drug-likeness (QED) is 0.338. The van der Waals surface area contributed by atoms with Crippen LogP contribution in [0.5, 0.6) is 0 Å². The topological polar surface area (TPSA) is 69.1 Å². The van der Waals surface area contributed by atoms with Crippen molar-refractivity contribution in [3.63, 3.8) is 0 Å². The number of carbonyl (C=O) groups is 1. The summed E-state index contributed by atoms with van der Waals surface area (Å²) in [5, 5.41) is 3.23. The molecule has 0 aliphatic carbocycles. The second kappa shape index (κ2) is 6.30. The fourth-order valence-corrected chi connectivity index (χ4v) is 1.76. The van der Waals surface area contributed by atoms with Crippen LogP contribution in [0, 0.1) is 0 Å². The van der Waals surface area contributed by atoms with E-state index in [4.69, 9.17) is 5.53 Å². The maximum atomic E-state index is 12.2. The Morgan fingerprint density at radius 1 is 1.33 bits per heavy atom. The lowest BCUT2D eigenvalue weighted by molar-refractivity contribution is -0.165. The summed E-state index contributed by atoms with van der Waals surface area (Å²) < 4.78 is 36.5. The van der Waals surface area contributed by atoms with Gasteiger partial charge in [0, 0.05) is 29.8 Å². The van der Waals surface area contributed by atoms with Gasteiger partial charge >= 0.3 is 6.18 Å². The minimum Gasteiger partial charge on any atom is -0.375 e. The first-order chi connectivity index (χ1) is 8.45. The highest BCUT2D eigenvalue weighted by Crippen LogP contribution is 2.20. The molecule has 1 aliphatic heterocycles. The molecule has 0 bridgehead atoms. The van der Waals surface area contributed by atoms with Crippen LogP contribution < -0.4 is 0 Å². The third-order valence-corrected chi connectivity index (χ3v) is 2.64. The lowest BCUT2D eigenvalue weighted by Gasteiger charge is -2.30. The predicted octanol–water partition coefficient (Wildman–Crippen LogP) is 2.80. The fourth-order valence-electron chi connectivity index (χ4n) is 1.76. The van der Waals surface area contributed by atoms with E-state index in [9.17, 15) is 18.0 Å². The van der Waals surface area contributed by atoms with Gasteiger partial charge in [0.05, 0.1) is 6.54 Å². The second-order valence-corrected chi connectivity index (χ2v) is 3.93. The van der Waals surface area contributed by atoms with Gasteiger partial charge in [-0.15, -0.1) is 0 Å². The summed E-state index contributed by atoms with van der Waals surface area (Å²) in [6, 6.07) is 0. The first kappa shape index (κ1) is 14.4. The summed E-state index contributed by atoms with van der Waals surface area (Å²) in [6.07, 6.45) is -1.64. The summed E-state index contributed by atoms with van der Waals surface area (Å²) in [4.78, 5) is 15.1. The van der Waals surface area contributed by atoms with E-state index < -0.39 is 12.0 Å². The number of halogens is 3. The third-order valence-electron chi connectivity index (χ3n) is 2.64. The van der Waals surface area contributed by atoms with Gasteiger partial charge in [0.2, 0.25) is 0 Å². The van der Waals surface area contributed by atoms with Crippen LogP contribution in [0.1, 0.15) is 19.3 Å². The molecular weight excluding hydrogens is 249 g/mol. The minimum absolute atomic E-state index is 0.134. The van der Waals surface area contributed by atoms with Crippen LogP contribution in [0.15, 0.2) is 16.9 Å². The molecule has 1 heterocycles. The largest absolute Gasteiger partial charge is 0.454 e. The van der Waals surface area contributed by atoms with E-state index in [2.05, 4.69) is 10.0 Å². The van der Waals surface area contributed by atoms with Gasteiger partial charge in [-0.3, -0.25) is 4.79 Å². The number of nitrogens with zero attached hydrogens (tertiary/aromatic N) is 4. The van der Waals surface area contributed by atoms with Crippen molar-refractivity contribution in [3.8, 4) is 0 Å². The number of carbonyl (C=O) groups excluding carboxylic acids is 1. The molecule has 0 aromatic rings. The van der Waals surface area contributed by atoms with Crippen molar-refractivity contribution < 1.29 is 18.0 Å². The van der Waals surface area contributed by atoms with E-state index in [0.29, 0.717) is 19.2 Å². The van der Waals surface area contributed by atoms with Crippen molar-refractivity contribution in [2.45, 2.75) is 25.4 Å². The number of allylic oxidation sites excluding steroid dienone is 1. The number of azide groups is 1. The standard InChI is InChI=1S/C10H13F3N4O/c11-10(12,13)9(18)6-8(7-15-16-14)17-4-2-1-3-5-17/h6H,1-5,7H2/b8-6-. The van der Waals surface area contributed by atoms with Gasteiger partial charge in [0.1, 0.15) is 0 Å². The van der Waals surface area contributed by atoms with Crippen LogP contribution in [0.3, 0.4) is 0 Å². The van der Waals surface area contributed by atoms with Gasteiger partial charge in [-0.2, -0.15) is 13.2 Å². The Morgan fingerprint density at radius 3 is 2.44 bits per heavy atom. The van der Waals surface area contributed by atoms with E-state index in [1.165, 1.54) is 0 Å². The Hall–Kier alpha value is -1.69. The molecule has 0 unspecified atom stereocenters. The highest BCUT2D eigenvalue weighted by Gasteiger charge is 2.37. The van der Waals surface area contributed by atoms with Crippen LogP contribution in [0.25, 0.3) is 10.4 Å². The number of ketones is 1. The molecule has 1 fully saturated rings. The smallest absolute Gasteiger partial charge is 0.375 e. The van der Waals surface area contributed by atoms with E-state index in [-0.39, 0.29) is 12.2 Å². The molecule has 0 N–H and O–H groups in total. The van der Waals surface area contributed by atoms with Gasteiger partial charge in [0.25, 0.3) is 5.78 Å². The Balaban J connectivity index is 2.85. The zero-order chi connectivity index (χ0) is 13.6. The first-order valence-electron chi connectivity index (χ1n) is 5.52. The highest BCUT2D eigenvalue weighted by molar-refractivity contribution is 5.94. The molecule has 0 aromatic carbocycles. The molecule has 5 nitrogen and oxygen atoms in total. The Bertz CT molecular complexity index is 379. The third kappa shape index (κ3) is 4.29. The van der Waals surface area contributed by atoms with E-state index in [1.54, 1.807) is 4.90 Å². The number of alkyl halides is 3. The molecule has 0 atom stereocenters. The zero-order valence-corrected chi connectivity index (χ0v) is 9.65. The van der Waals surface area contributed by atoms with E-state index >= 15 is 0 Å². The van der Waals surface area contributed by atoms with Gasteiger partial charge in [-0.05, 0) is 24.8 Å². The van der Waals surface area contributed by atoms with Gasteiger partial charge in [0.15, 0.2) is 0 Å². The highest BCUT2D eigenvalue weighted by atomic mass is 19.4. The van der Waals surface area contributed by atoms with Crippen LogP contribution in [0.4, 0.5) is 13.2 Å². The molecule has 0 saturated carbocycles. The number of rotatable bonds is 4. The number of likely N-dealkylation sites (tertiary alicyclic amines) is 1. The van der Waals surface area contributed by atoms with Crippen LogP contribution in [-0.2, 0) is 4.79 Å². The van der Waals surface area contributed by atoms with Crippen LogP contribution in [-0.4, -0.2) is 36.5 Å². The summed E-state index contributed by atoms with van der Waals surface area (Å²) in [6.45, 7) is 0.925. The lowest BCUT2D eigenvalue weighted by Crippen LogP contribution is -2.32. The Morgan fingerprint density at radius 2 is 1.94 bits per heavy atom. The minimum atomic E-state index is -4.89. The molecule has 1 rings (SSSR count). The zero-order valence-electron chi connectivity index (χ0n) is 9.65. The molecule has 0 spiro atoms. The molecule has 0 radical (unpaired) electrons. The van der Waals surface area contributed by atoms with Crippen LogP contribution in [0.2, 0.25) is 0 Å². The van der Waals surface area contributed by atoms with E-state index in [1.807, 2.05) is 0 Å². The molecule has 1 aliphatic rings.